The quantitative estimate of drug-likeness (QED) is 0.879. The number of hydrogen-bond donors (Lipinski definition) is 2. The maximum Gasteiger partial charge on any atom is 0.240 e. The second kappa shape index (κ2) is 6.47. The number of nitrogens with one attached hydrogen (secondary N) is 2. The molecule has 1 aromatic carbocycles. The van der Waals surface area contributed by atoms with Crippen LogP contribution in [-0.2, 0) is 10.0 Å². The molecule has 0 bridgehead atoms. The summed E-state index contributed by atoms with van der Waals surface area (Å²) in [7, 11) is -3.60. The first-order chi connectivity index (χ1) is 8.08. The van der Waals surface area contributed by atoms with Crippen molar-refractivity contribution >= 4 is 22.4 Å². The molecular formula is C11H16ClFN2O2S. The Hall–Kier alpha value is -0.690. The molecule has 0 amide bonds. The molecule has 2 rings (SSSR count). The van der Waals surface area contributed by atoms with Gasteiger partial charge in [-0.15, -0.1) is 12.4 Å². The first kappa shape index (κ1) is 15.4. The maximum absolute atomic E-state index is 12.9. The van der Waals surface area contributed by atoms with Crippen LogP contribution in [0.3, 0.4) is 0 Å². The van der Waals surface area contributed by atoms with Crippen LogP contribution in [0.5, 0.6) is 0 Å². The highest BCUT2D eigenvalue weighted by Crippen LogP contribution is 2.11. The Labute approximate surface area is 112 Å². The van der Waals surface area contributed by atoms with Gasteiger partial charge in [-0.25, -0.2) is 17.5 Å². The van der Waals surface area contributed by atoms with E-state index in [-0.39, 0.29) is 23.3 Å². The lowest BCUT2D eigenvalue weighted by atomic mass is 10.2. The predicted octanol–water partition coefficient (Wildman–Crippen LogP) is 1.28. The summed E-state index contributed by atoms with van der Waals surface area (Å²) in [6.45, 7) is 1.27. The van der Waals surface area contributed by atoms with Crippen molar-refractivity contribution in [3.8, 4) is 0 Å². The van der Waals surface area contributed by atoms with Gasteiger partial charge in [0.1, 0.15) is 5.82 Å². The minimum Gasteiger partial charge on any atom is -0.313 e. The Bertz CT molecular complexity index is 490. The first-order valence-electron chi connectivity index (χ1n) is 5.56. The molecule has 0 aliphatic carbocycles. The summed E-state index contributed by atoms with van der Waals surface area (Å²) in [5.41, 5.74) is 0. The smallest absolute Gasteiger partial charge is 0.240 e. The predicted molar refractivity (Wildman–Crippen MR) is 69.9 cm³/mol. The fourth-order valence-corrected chi connectivity index (χ4v) is 2.97. The topological polar surface area (TPSA) is 58.2 Å². The van der Waals surface area contributed by atoms with Gasteiger partial charge in [0.25, 0.3) is 0 Å². The van der Waals surface area contributed by atoms with E-state index in [1.807, 2.05) is 0 Å². The molecular weight excluding hydrogens is 279 g/mol. The third-order valence-corrected chi connectivity index (χ3v) is 4.21. The third-order valence-electron chi connectivity index (χ3n) is 2.79. The van der Waals surface area contributed by atoms with E-state index in [0.29, 0.717) is 6.54 Å². The molecule has 4 nitrogen and oxygen atoms in total. The van der Waals surface area contributed by atoms with Crippen molar-refractivity contribution < 1.29 is 12.8 Å². The van der Waals surface area contributed by atoms with Crippen molar-refractivity contribution in [3.63, 3.8) is 0 Å². The number of halogens is 2. The number of hydrogen-bond acceptors (Lipinski definition) is 3. The van der Waals surface area contributed by atoms with E-state index in [4.69, 9.17) is 0 Å². The Morgan fingerprint density at radius 1 is 1.44 bits per heavy atom. The molecule has 0 radical (unpaired) electrons. The van der Waals surface area contributed by atoms with Gasteiger partial charge in [0, 0.05) is 12.6 Å². The summed E-state index contributed by atoms with van der Waals surface area (Å²) in [5, 5.41) is 3.19. The monoisotopic (exact) mass is 294 g/mol. The van der Waals surface area contributed by atoms with Crippen LogP contribution in [0.2, 0.25) is 0 Å². The molecule has 1 aliphatic heterocycles. The van der Waals surface area contributed by atoms with Crippen molar-refractivity contribution in [2.24, 2.45) is 0 Å². The van der Waals surface area contributed by atoms with Crippen LogP contribution in [0.1, 0.15) is 12.8 Å². The van der Waals surface area contributed by atoms with E-state index in [0.717, 1.165) is 25.5 Å². The van der Waals surface area contributed by atoms with Crippen LogP contribution < -0.4 is 10.0 Å². The van der Waals surface area contributed by atoms with Crippen molar-refractivity contribution in [1.82, 2.24) is 10.0 Å². The third kappa shape index (κ3) is 3.91. The zero-order valence-corrected chi connectivity index (χ0v) is 11.4. The zero-order valence-electron chi connectivity index (χ0n) is 9.73. The molecule has 18 heavy (non-hydrogen) atoms. The molecule has 1 aliphatic rings. The largest absolute Gasteiger partial charge is 0.313 e. The summed E-state index contributed by atoms with van der Waals surface area (Å²) < 4.78 is 39.1. The Kier molecular flexibility index (Phi) is 5.52. The molecule has 102 valence electrons. The summed E-state index contributed by atoms with van der Waals surface area (Å²) in [4.78, 5) is -0.0319. The van der Waals surface area contributed by atoms with Gasteiger partial charge in [-0.1, -0.05) is 6.07 Å². The average Bonchev–Trinajstić information content (AvgIpc) is 2.79. The van der Waals surface area contributed by atoms with Gasteiger partial charge < -0.3 is 5.32 Å². The molecule has 1 unspecified atom stereocenters. The molecule has 1 heterocycles. The lowest BCUT2D eigenvalue weighted by Crippen LogP contribution is -2.37. The first-order valence-corrected chi connectivity index (χ1v) is 7.05. The molecule has 1 saturated heterocycles. The fourth-order valence-electron chi connectivity index (χ4n) is 1.86. The van der Waals surface area contributed by atoms with Gasteiger partial charge in [-0.3, -0.25) is 0 Å². The molecule has 2 N–H and O–H groups in total. The van der Waals surface area contributed by atoms with E-state index in [2.05, 4.69) is 10.0 Å². The highest BCUT2D eigenvalue weighted by molar-refractivity contribution is 7.89. The molecule has 1 fully saturated rings. The van der Waals surface area contributed by atoms with E-state index in [1.54, 1.807) is 0 Å². The lowest BCUT2D eigenvalue weighted by molar-refractivity contribution is 0.550. The van der Waals surface area contributed by atoms with Gasteiger partial charge in [-0.2, -0.15) is 0 Å². The van der Waals surface area contributed by atoms with Crippen LogP contribution in [0.4, 0.5) is 4.39 Å². The number of rotatable bonds is 4. The number of sulfonamides is 1. The summed E-state index contributed by atoms with van der Waals surface area (Å²) in [6.07, 6.45) is 2.03. The summed E-state index contributed by atoms with van der Waals surface area (Å²) >= 11 is 0. The van der Waals surface area contributed by atoms with E-state index in [9.17, 15) is 12.8 Å². The van der Waals surface area contributed by atoms with Gasteiger partial charge in [-0.05, 0) is 37.6 Å². The Balaban J connectivity index is 0.00000162. The van der Waals surface area contributed by atoms with Gasteiger partial charge >= 0.3 is 0 Å². The highest BCUT2D eigenvalue weighted by atomic mass is 35.5. The standard InChI is InChI=1S/C11H15FN2O2S.ClH/c12-9-3-1-5-11(7-9)17(15,16)14-8-10-4-2-6-13-10;/h1,3,5,7,10,13-14H,2,4,6,8H2;1H. The highest BCUT2D eigenvalue weighted by Gasteiger charge is 2.19. The van der Waals surface area contributed by atoms with Crippen LogP contribution in [0.15, 0.2) is 29.2 Å². The molecule has 7 heteroatoms. The van der Waals surface area contributed by atoms with Crippen LogP contribution in [-0.4, -0.2) is 27.5 Å². The van der Waals surface area contributed by atoms with Gasteiger partial charge in [0.15, 0.2) is 0 Å². The van der Waals surface area contributed by atoms with Crippen molar-refractivity contribution in [1.29, 1.82) is 0 Å². The molecule has 0 saturated carbocycles. The van der Waals surface area contributed by atoms with Crippen LogP contribution in [0.25, 0.3) is 0 Å². The minimum atomic E-state index is -3.60. The molecule has 1 aromatic rings. The van der Waals surface area contributed by atoms with Crippen molar-refractivity contribution in [2.45, 2.75) is 23.8 Å². The average molecular weight is 295 g/mol. The van der Waals surface area contributed by atoms with Crippen molar-refractivity contribution in [2.75, 3.05) is 13.1 Å². The number of benzene rings is 1. The normalized spacial score (nSPS) is 19.5. The lowest BCUT2D eigenvalue weighted by Gasteiger charge is -2.11. The minimum absolute atomic E-state index is 0. The van der Waals surface area contributed by atoms with E-state index >= 15 is 0 Å². The summed E-state index contributed by atoms with van der Waals surface area (Å²) in [5.74, 6) is -0.549. The second-order valence-electron chi connectivity index (χ2n) is 4.10. The van der Waals surface area contributed by atoms with E-state index in [1.165, 1.54) is 18.2 Å². The van der Waals surface area contributed by atoms with Crippen molar-refractivity contribution in [3.05, 3.63) is 30.1 Å². The molecule has 0 spiro atoms. The molecule has 1 atom stereocenters. The Morgan fingerprint density at radius 3 is 2.83 bits per heavy atom. The van der Waals surface area contributed by atoms with Crippen LogP contribution >= 0.6 is 12.4 Å². The maximum atomic E-state index is 12.9. The molecule has 0 aromatic heterocycles. The van der Waals surface area contributed by atoms with E-state index < -0.39 is 15.8 Å². The SMILES string of the molecule is Cl.O=S(=O)(NCC1CCCN1)c1cccc(F)c1. The zero-order chi connectivity index (χ0) is 12.3. The Morgan fingerprint density at radius 2 is 2.22 bits per heavy atom. The van der Waals surface area contributed by atoms with Gasteiger partial charge in [0.2, 0.25) is 10.0 Å². The summed E-state index contributed by atoms with van der Waals surface area (Å²) in [6, 6.07) is 5.19. The van der Waals surface area contributed by atoms with Gasteiger partial charge in [0.05, 0.1) is 4.90 Å². The van der Waals surface area contributed by atoms with Crippen LogP contribution in [0, 0.1) is 5.82 Å². The fraction of sp³-hybridized carbons (Fsp3) is 0.455. The second-order valence-corrected chi connectivity index (χ2v) is 5.87.